The zero-order valence-electron chi connectivity index (χ0n) is 26.7. The predicted molar refractivity (Wildman–Crippen MR) is 187 cm³/mol. The van der Waals surface area contributed by atoms with Crippen LogP contribution in [0.2, 0.25) is 0 Å². The maximum absolute atomic E-state index is 11.5. The van der Waals surface area contributed by atoms with Gasteiger partial charge in [0, 0.05) is 0 Å². The second-order valence-corrected chi connectivity index (χ2v) is 14.3. The number of benzene rings is 4. The van der Waals surface area contributed by atoms with Crippen molar-refractivity contribution in [2.45, 2.75) is 71.3 Å². The van der Waals surface area contributed by atoms with E-state index in [0.717, 1.165) is 54.6 Å². The van der Waals surface area contributed by atoms with Crippen LogP contribution in [-0.2, 0) is 5.54 Å². The molecule has 0 aliphatic carbocycles. The van der Waals surface area contributed by atoms with Crippen LogP contribution in [0.1, 0.15) is 88.0 Å². The molecule has 1 aliphatic heterocycles. The summed E-state index contributed by atoms with van der Waals surface area (Å²) < 4.78 is 9.53. The molecule has 0 unspecified atom stereocenters. The molecule has 0 N–H and O–H groups in total. The van der Waals surface area contributed by atoms with Crippen molar-refractivity contribution in [3.8, 4) is 5.75 Å². The molecule has 0 aromatic heterocycles. The van der Waals surface area contributed by atoms with Gasteiger partial charge in [-0.1, -0.05) is 79.7 Å². The Morgan fingerprint density at radius 2 is 1.36 bits per heavy atom. The molecule has 234 valence electrons. The molecule has 0 saturated carbocycles. The number of nitro benzene ring substituents is 1. The summed E-state index contributed by atoms with van der Waals surface area (Å²) in [5.74, 6) is 0.917. The Labute approximate surface area is 274 Å². The van der Waals surface area contributed by atoms with Gasteiger partial charge in [-0.15, -0.1) is 0 Å². The number of rotatable bonds is 15. The van der Waals surface area contributed by atoms with Crippen molar-refractivity contribution in [2.24, 2.45) is 0 Å². The van der Waals surface area contributed by atoms with Gasteiger partial charge in [0.05, 0.1) is 0 Å². The van der Waals surface area contributed by atoms with E-state index in [1.54, 1.807) is 6.07 Å². The summed E-state index contributed by atoms with van der Waals surface area (Å²) in [5.41, 5.74) is 7.57. The van der Waals surface area contributed by atoms with Crippen LogP contribution in [0.5, 0.6) is 5.75 Å². The van der Waals surface area contributed by atoms with Crippen molar-refractivity contribution < 1.29 is 9.66 Å². The van der Waals surface area contributed by atoms with E-state index in [4.69, 9.17) is 4.74 Å². The number of nitro groups is 1. The van der Waals surface area contributed by atoms with Crippen molar-refractivity contribution in [1.29, 1.82) is 0 Å². The number of fused-ring (bicyclic) bond motifs is 1. The number of hydrogen-bond acceptors (Lipinski definition) is 4. The van der Waals surface area contributed by atoms with Gasteiger partial charge in [0.2, 0.25) is 0 Å². The number of ether oxygens (including phenoxy) is 1. The molecule has 4 aromatic carbocycles. The third-order valence-corrected chi connectivity index (χ3v) is 11.8. The minimum atomic E-state index is -0.229. The average molecular weight is 668 g/mol. The molecule has 1 aliphatic rings. The maximum atomic E-state index is 11.5. The summed E-state index contributed by atoms with van der Waals surface area (Å²) in [5, 5.41) is 11.5. The fraction of sp³-hybridized carbons (Fsp3) is 0.333. The standard InChI is InChI=1S/C39H44N2O3Se/c1-4-34(30-18-11-9-12-19-30)37(31-20-13-10-14-21-31)32-24-26-33(27-25-32)44-29-16-8-6-5-7-15-28-40-39(2,3)35-22-17-23-36(41(42)43)38(35)45-40/h9-14,17-27H,4-8,15-16,28-29H2,1-3H3/b37-34-. The molecule has 1 heterocycles. The van der Waals surface area contributed by atoms with Gasteiger partial charge in [-0.25, -0.2) is 0 Å². The molecular weight excluding hydrogens is 623 g/mol. The van der Waals surface area contributed by atoms with Gasteiger partial charge in [0.1, 0.15) is 0 Å². The summed E-state index contributed by atoms with van der Waals surface area (Å²) in [6.07, 6.45) is 7.87. The Bertz CT molecular complexity index is 1580. The molecule has 0 fully saturated rings. The van der Waals surface area contributed by atoms with E-state index in [0.29, 0.717) is 0 Å². The quantitative estimate of drug-likeness (QED) is 0.0417. The molecule has 45 heavy (non-hydrogen) atoms. The number of hydrogen-bond donors (Lipinski definition) is 0. The van der Waals surface area contributed by atoms with Gasteiger partial charge in [-0.2, -0.15) is 0 Å². The first-order chi connectivity index (χ1) is 21.9. The summed E-state index contributed by atoms with van der Waals surface area (Å²) in [6.45, 7) is 8.34. The number of nitrogens with zero attached hydrogens (tertiary/aromatic N) is 2. The molecule has 0 bridgehead atoms. The molecule has 4 aromatic rings. The SMILES string of the molecule is CC/C(=C(\c1ccccc1)c1ccc(OCCCCCCCCN2[Se]c3c([N+](=O)[O-])cccc3C2(C)C)cc1)c1ccccc1. The molecule has 5 rings (SSSR count). The van der Waals surface area contributed by atoms with Crippen LogP contribution in [0, 0.1) is 10.1 Å². The molecular formula is C39H44N2O3Se. The van der Waals surface area contributed by atoms with Gasteiger partial charge < -0.3 is 0 Å². The second-order valence-electron chi connectivity index (χ2n) is 12.1. The van der Waals surface area contributed by atoms with Crippen LogP contribution < -0.4 is 9.20 Å². The van der Waals surface area contributed by atoms with Crippen molar-refractivity contribution in [3.63, 3.8) is 0 Å². The molecule has 0 radical (unpaired) electrons. The third kappa shape index (κ3) is 7.94. The van der Waals surface area contributed by atoms with Gasteiger partial charge in [0.15, 0.2) is 0 Å². The van der Waals surface area contributed by atoms with Crippen LogP contribution in [-0.4, -0.2) is 37.2 Å². The number of allylic oxidation sites excluding steroid dienone is 1. The molecule has 0 saturated heterocycles. The smallest absolute Gasteiger partial charge is 0.0622 e. The van der Waals surface area contributed by atoms with E-state index in [1.807, 2.05) is 6.07 Å². The monoisotopic (exact) mass is 668 g/mol. The fourth-order valence-corrected chi connectivity index (χ4v) is 9.17. The topological polar surface area (TPSA) is 55.6 Å². The molecule has 0 amide bonds. The first-order valence-electron chi connectivity index (χ1n) is 16.2. The van der Waals surface area contributed by atoms with Crippen LogP contribution >= 0.6 is 0 Å². The first kappa shape index (κ1) is 32.7. The normalized spacial score (nSPS) is 14.6. The van der Waals surface area contributed by atoms with Crippen molar-refractivity contribution in [3.05, 3.63) is 135 Å². The summed E-state index contributed by atoms with van der Waals surface area (Å²) in [6, 6.07) is 35.5. The van der Waals surface area contributed by atoms with Gasteiger partial charge in [-0.3, -0.25) is 0 Å². The Balaban J connectivity index is 1.06. The average Bonchev–Trinajstić information content (AvgIpc) is 3.33. The Kier molecular flexibility index (Phi) is 11.3. The van der Waals surface area contributed by atoms with E-state index in [9.17, 15) is 10.1 Å². The van der Waals surface area contributed by atoms with Crippen LogP contribution in [0.3, 0.4) is 0 Å². The summed E-state index contributed by atoms with van der Waals surface area (Å²) in [4.78, 5) is 11.3. The van der Waals surface area contributed by atoms with Crippen molar-refractivity contribution in [1.82, 2.24) is 3.92 Å². The van der Waals surface area contributed by atoms with Gasteiger partial charge in [-0.05, 0) is 34.3 Å². The van der Waals surface area contributed by atoms with E-state index in [2.05, 4.69) is 116 Å². The van der Waals surface area contributed by atoms with E-state index < -0.39 is 0 Å². The zero-order valence-corrected chi connectivity index (χ0v) is 28.4. The minimum absolute atomic E-state index is 0.00236. The van der Waals surface area contributed by atoms with Crippen LogP contribution in [0.25, 0.3) is 11.1 Å². The van der Waals surface area contributed by atoms with E-state index >= 15 is 0 Å². The molecule has 5 nitrogen and oxygen atoms in total. The Morgan fingerprint density at radius 3 is 2.00 bits per heavy atom. The van der Waals surface area contributed by atoms with Crippen LogP contribution in [0.4, 0.5) is 5.69 Å². The molecule has 6 heteroatoms. The fourth-order valence-electron chi connectivity index (χ4n) is 6.19. The summed E-state index contributed by atoms with van der Waals surface area (Å²) in [7, 11) is 0. The van der Waals surface area contributed by atoms with E-state index in [-0.39, 0.29) is 31.3 Å². The third-order valence-electron chi connectivity index (χ3n) is 8.68. The van der Waals surface area contributed by atoms with Gasteiger partial charge >= 0.3 is 162 Å². The second kappa shape index (κ2) is 15.5. The van der Waals surface area contributed by atoms with Crippen molar-refractivity contribution >= 4 is 36.5 Å². The van der Waals surface area contributed by atoms with Crippen molar-refractivity contribution in [2.75, 3.05) is 13.2 Å². The Morgan fingerprint density at radius 1 is 0.756 bits per heavy atom. The molecule has 0 atom stereocenters. The zero-order chi connectivity index (χ0) is 31.6. The van der Waals surface area contributed by atoms with E-state index in [1.165, 1.54) is 47.1 Å². The minimum Gasteiger partial charge on any atom is -0.0622 e. The van der Waals surface area contributed by atoms with Gasteiger partial charge in [0.25, 0.3) is 0 Å². The Hall–Kier alpha value is -3.70. The summed E-state index contributed by atoms with van der Waals surface area (Å²) >= 11 is -0.00236. The molecule has 0 spiro atoms. The van der Waals surface area contributed by atoms with Crippen LogP contribution in [0.15, 0.2) is 103 Å². The first-order valence-corrected chi connectivity index (χ1v) is 17.8. The number of unbranched alkanes of at least 4 members (excludes halogenated alkanes) is 5. The predicted octanol–water partition coefficient (Wildman–Crippen LogP) is 9.18.